The van der Waals surface area contributed by atoms with Crippen molar-refractivity contribution >= 4 is 17.8 Å². The highest BCUT2D eigenvalue weighted by Gasteiger charge is 2.60. The SMILES string of the molecule is C=C1C[C@]1(CCCC)P(=O)(c1ccccc1)c1ccccc1. The second kappa shape index (κ2) is 5.89. The van der Waals surface area contributed by atoms with E-state index in [1.807, 2.05) is 60.7 Å². The lowest BCUT2D eigenvalue weighted by molar-refractivity contribution is 0.566. The Balaban J connectivity index is 2.17. The second-order valence-corrected chi connectivity index (χ2v) is 9.30. The van der Waals surface area contributed by atoms with Crippen molar-refractivity contribution in [3.8, 4) is 0 Å². The van der Waals surface area contributed by atoms with Crippen LogP contribution in [0.4, 0.5) is 0 Å². The predicted octanol–water partition coefficient (Wildman–Crippen LogP) is 4.89. The minimum atomic E-state index is -2.70. The summed E-state index contributed by atoms with van der Waals surface area (Å²) in [5.74, 6) is 0. The maximum absolute atomic E-state index is 14.4. The maximum Gasteiger partial charge on any atom is 0.153 e. The van der Waals surface area contributed by atoms with Crippen molar-refractivity contribution in [3.63, 3.8) is 0 Å². The van der Waals surface area contributed by atoms with Gasteiger partial charge in [0.05, 0.1) is 5.16 Å². The first-order chi connectivity index (χ1) is 10.6. The van der Waals surface area contributed by atoms with Crippen molar-refractivity contribution in [1.82, 2.24) is 0 Å². The van der Waals surface area contributed by atoms with Crippen LogP contribution in [0.1, 0.15) is 32.6 Å². The molecule has 3 rings (SSSR count). The molecule has 0 unspecified atom stereocenters. The summed E-state index contributed by atoms with van der Waals surface area (Å²) in [4.78, 5) is 0. The highest BCUT2D eigenvalue weighted by atomic mass is 31.2. The molecular weight excluding hydrogens is 287 g/mol. The van der Waals surface area contributed by atoms with E-state index in [9.17, 15) is 4.57 Å². The lowest BCUT2D eigenvalue weighted by atomic mass is 10.2. The molecule has 1 fully saturated rings. The number of unbranched alkanes of at least 4 members (excludes halogenated alkanes) is 1. The third-order valence-corrected chi connectivity index (χ3v) is 8.78. The van der Waals surface area contributed by atoms with E-state index in [-0.39, 0.29) is 5.16 Å². The predicted molar refractivity (Wildman–Crippen MR) is 95.8 cm³/mol. The van der Waals surface area contributed by atoms with E-state index in [0.29, 0.717) is 0 Å². The number of benzene rings is 2. The highest BCUT2D eigenvalue weighted by Crippen LogP contribution is 2.72. The van der Waals surface area contributed by atoms with Gasteiger partial charge in [-0.1, -0.05) is 92.6 Å². The van der Waals surface area contributed by atoms with E-state index in [1.54, 1.807) is 0 Å². The van der Waals surface area contributed by atoms with Crippen LogP contribution in [-0.4, -0.2) is 5.16 Å². The fourth-order valence-electron chi connectivity index (χ4n) is 3.45. The van der Waals surface area contributed by atoms with Crippen LogP contribution in [0.15, 0.2) is 72.8 Å². The number of hydrogen-bond donors (Lipinski definition) is 0. The molecule has 114 valence electrons. The molecule has 1 nitrogen and oxygen atoms in total. The molecule has 0 amide bonds. The van der Waals surface area contributed by atoms with Gasteiger partial charge in [0, 0.05) is 10.6 Å². The summed E-state index contributed by atoms with van der Waals surface area (Å²) in [5.41, 5.74) is 1.16. The van der Waals surface area contributed by atoms with Crippen molar-refractivity contribution in [3.05, 3.63) is 72.8 Å². The molecule has 0 spiro atoms. The van der Waals surface area contributed by atoms with E-state index < -0.39 is 7.14 Å². The Morgan fingerprint density at radius 1 is 1.00 bits per heavy atom. The summed E-state index contributed by atoms with van der Waals surface area (Å²) in [7, 11) is -2.70. The first kappa shape index (κ1) is 15.3. The van der Waals surface area contributed by atoms with E-state index >= 15 is 0 Å². The molecule has 2 heteroatoms. The average molecular weight is 310 g/mol. The minimum Gasteiger partial charge on any atom is -0.313 e. The molecule has 0 saturated heterocycles. The largest absolute Gasteiger partial charge is 0.313 e. The van der Waals surface area contributed by atoms with Gasteiger partial charge in [0.25, 0.3) is 0 Å². The molecule has 0 radical (unpaired) electrons. The van der Waals surface area contributed by atoms with Crippen molar-refractivity contribution in [2.75, 3.05) is 0 Å². The molecule has 0 N–H and O–H groups in total. The molecule has 2 aromatic carbocycles. The van der Waals surface area contributed by atoms with Crippen LogP contribution in [-0.2, 0) is 4.57 Å². The molecule has 0 aromatic heterocycles. The van der Waals surface area contributed by atoms with Gasteiger partial charge in [-0.15, -0.1) is 0 Å². The van der Waals surface area contributed by atoms with E-state index in [4.69, 9.17) is 0 Å². The van der Waals surface area contributed by atoms with Crippen LogP contribution in [0, 0.1) is 0 Å². The lowest BCUT2D eigenvalue weighted by Crippen LogP contribution is -2.27. The average Bonchev–Trinajstić information content (AvgIpc) is 3.25. The molecular formula is C20H23OP. The van der Waals surface area contributed by atoms with Gasteiger partial charge in [-0.2, -0.15) is 0 Å². The Hall–Kier alpha value is -1.59. The first-order valence-electron chi connectivity index (χ1n) is 8.05. The van der Waals surface area contributed by atoms with Gasteiger partial charge in [-0.05, 0) is 12.8 Å². The summed E-state index contributed by atoms with van der Waals surface area (Å²) in [6.45, 7) is 6.41. The van der Waals surface area contributed by atoms with Gasteiger partial charge in [-0.25, -0.2) is 0 Å². The fraction of sp³-hybridized carbons (Fsp3) is 0.300. The number of rotatable bonds is 6. The van der Waals surface area contributed by atoms with E-state index in [0.717, 1.165) is 41.9 Å². The van der Waals surface area contributed by atoms with Crippen LogP contribution in [0.25, 0.3) is 0 Å². The molecule has 1 atom stereocenters. The standard InChI is InChI=1S/C20H23OP/c1-3-4-15-20(16-17(20)2)22(21,18-11-7-5-8-12-18)19-13-9-6-10-14-19/h5-14H,2-4,15-16H2,1H3/t20-/m0/s1. The first-order valence-corrected chi connectivity index (χ1v) is 9.75. The van der Waals surface area contributed by atoms with E-state index in [1.165, 1.54) is 0 Å². The molecule has 22 heavy (non-hydrogen) atoms. The van der Waals surface area contributed by atoms with Crippen LogP contribution >= 0.6 is 7.14 Å². The number of hydrogen-bond acceptors (Lipinski definition) is 1. The molecule has 0 heterocycles. The summed E-state index contributed by atoms with van der Waals surface area (Å²) in [6.07, 6.45) is 4.10. The summed E-state index contributed by atoms with van der Waals surface area (Å²) >= 11 is 0. The maximum atomic E-state index is 14.4. The van der Waals surface area contributed by atoms with Crippen molar-refractivity contribution in [2.45, 2.75) is 37.8 Å². The second-order valence-electron chi connectivity index (χ2n) is 6.20. The highest BCUT2D eigenvalue weighted by molar-refractivity contribution is 7.80. The third kappa shape index (κ3) is 2.29. The molecule has 0 bridgehead atoms. The van der Waals surface area contributed by atoms with Gasteiger partial charge < -0.3 is 4.57 Å². The monoisotopic (exact) mass is 310 g/mol. The zero-order valence-electron chi connectivity index (χ0n) is 13.2. The number of allylic oxidation sites excluding steroid dienone is 1. The summed E-state index contributed by atoms with van der Waals surface area (Å²) in [5, 5.41) is 1.72. The van der Waals surface area contributed by atoms with Gasteiger partial charge in [-0.3, -0.25) is 0 Å². The zero-order chi connectivity index (χ0) is 15.6. The van der Waals surface area contributed by atoms with Crippen LogP contribution in [0.2, 0.25) is 0 Å². The Kier molecular flexibility index (Phi) is 4.10. The van der Waals surface area contributed by atoms with Crippen molar-refractivity contribution in [1.29, 1.82) is 0 Å². The Morgan fingerprint density at radius 2 is 1.45 bits per heavy atom. The van der Waals surface area contributed by atoms with Gasteiger partial charge >= 0.3 is 0 Å². The molecule has 2 aromatic rings. The topological polar surface area (TPSA) is 17.1 Å². The Morgan fingerprint density at radius 3 is 1.82 bits per heavy atom. The molecule has 1 saturated carbocycles. The Labute approximate surface area is 133 Å². The van der Waals surface area contributed by atoms with E-state index in [2.05, 4.69) is 13.5 Å². The molecule has 0 aliphatic heterocycles. The quantitative estimate of drug-likeness (QED) is 0.548. The van der Waals surface area contributed by atoms with Gasteiger partial charge in [0.15, 0.2) is 7.14 Å². The van der Waals surface area contributed by atoms with Gasteiger partial charge in [0.2, 0.25) is 0 Å². The summed E-state index contributed by atoms with van der Waals surface area (Å²) in [6, 6.07) is 20.0. The Bertz CT molecular complexity index is 662. The smallest absolute Gasteiger partial charge is 0.153 e. The molecule has 1 aliphatic rings. The summed E-state index contributed by atoms with van der Waals surface area (Å²) < 4.78 is 14.4. The van der Waals surface area contributed by atoms with Crippen molar-refractivity contribution < 1.29 is 4.57 Å². The van der Waals surface area contributed by atoms with Crippen LogP contribution in [0.5, 0.6) is 0 Å². The van der Waals surface area contributed by atoms with Crippen LogP contribution < -0.4 is 10.6 Å². The molecule has 1 aliphatic carbocycles. The van der Waals surface area contributed by atoms with Crippen molar-refractivity contribution in [2.24, 2.45) is 0 Å². The third-order valence-electron chi connectivity index (χ3n) is 4.83. The zero-order valence-corrected chi connectivity index (χ0v) is 14.1. The lowest BCUT2D eigenvalue weighted by Gasteiger charge is -2.28. The fourth-order valence-corrected chi connectivity index (χ4v) is 7.26. The van der Waals surface area contributed by atoms with Crippen LogP contribution in [0.3, 0.4) is 0 Å². The van der Waals surface area contributed by atoms with Gasteiger partial charge in [0.1, 0.15) is 0 Å². The minimum absolute atomic E-state index is 0.217. The normalized spacial score (nSPS) is 20.9.